The molecule has 2 aromatic carbocycles. The quantitative estimate of drug-likeness (QED) is 0.605. The molecule has 5 nitrogen and oxygen atoms in total. The van der Waals surface area contributed by atoms with Crippen molar-refractivity contribution in [3.8, 4) is 11.3 Å². The zero-order chi connectivity index (χ0) is 18.1. The monoisotopic (exact) mass is 342 g/mol. The molecule has 4 rings (SSSR count). The molecule has 0 fully saturated rings. The highest BCUT2D eigenvalue weighted by molar-refractivity contribution is 6.05. The van der Waals surface area contributed by atoms with Crippen molar-refractivity contribution < 1.29 is 4.79 Å². The molecule has 26 heavy (non-hydrogen) atoms. The SMILES string of the molecule is Cc1ccc(C(=O)Nc2cccc(-c3cn4cccnc4n3)c2)c(C)c1. The van der Waals surface area contributed by atoms with Crippen molar-refractivity contribution in [2.75, 3.05) is 5.32 Å². The van der Waals surface area contributed by atoms with Crippen LogP contribution in [-0.4, -0.2) is 20.3 Å². The van der Waals surface area contributed by atoms with Crippen molar-refractivity contribution in [2.45, 2.75) is 13.8 Å². The first-order valence-electron chi connectivity index (χ1n) is 8.39. The van der Waals surface area contributed by atoms with Gasteiger partial charge in [0.15, 0.2) is 0 Å². The number of fused-ring (bicyclic) bond motifs is 1. The average molecular weight is 342 g/mol. The maximum absolute atomic E-state index is 12.6. The molecule has 0 spiro atoms. The number of aromatic nitrogens is 3. The fourth-order valence-electron chi connectivity index (χ4n) is 2.99. The van der Waals surface area contributed by atoms with E-state index in [9.17, 15) is 4.79 Å². The van der Waals surface area contributed by atoms with E-state index in [0.29, 0.717) is 11.3 Å². The minimum atomic E-state index is -0.115. The fraction of sp³-hybridized carbons (Fsp3) is 0.0952. The van der Waals surface area contributed by atoms with Crippen molar-refractivity contribution in [3.05, 3.63) is 83.8 Å². The Kier molecular flexibility index (Phi) is 3.97. The highest BCUT2D eigenvalue weighted by atomic mass is 16.1. The number of anilines is 1. The average Bonchev–Trinajstić information content (AvgIpc) is 3.06. The topological polar surface area (TPSA) is 59.3 Å². The summed E-state index contributed by atoms with van der Waals surface area (Å²) in [7, 11) is 0. The van der Waals surface area contributed by atoms with Gasteiger partial charge < -0.3 is 5.32 Å². The molecule has 0 atom stereocenters. The Morgan fingerprint density at radius 3 is 2.77 bits per heavy atom. The van der Waals surface area contributed by atoms with Gasteiger partial charge in [0.05, 0.1) is 5.69 Å². The van der Waals surface area contributed by atoms with Crippen LogP contribution in [0.2, 0.25) is 0 Å². The molecule has 1 amide bonds. The molecule has 0 radical (unpaired) electrons. The fourth-order valence-corrected chi connectivity index (χ4v) is 2.99. The lowest BCUT2D eigenvalue weighted by molar-refractivity contribution is 0.102. The van der Waals surface area contributed by atoms with Crippen LogP contribution in [0.4, 0.5) is 5.69 Å². The smallest absolute Gasteiger partial charge is 0.255 e. The normalized spacial score (nSPS) is 10.8. The third-order valence-electron chi connectivity index (χ3n) is 4.28. The van der Waals surface area contributed by atoms with Crippen molar-refractivity contribution in [3.63, 3.8) is 0 Å². The number of nitrogens with zero attached hydrogens (tertiary/aromatic N) is 3. The summed E-state index contributed by atoms with van der Waals surface area (Å²) in [6, 6.07) is 15.3. The van der Waals surface area contributed by atoms with Gasteiger partial charge in [-0.25, -0.2) is 9.97 Å². The molecule has 0 bridgehead atoms. The second-order valence-electron chi connectivity index (χ2n) is 6.31. The summed E-state index contributed by atoms with van der Waals surface area (Å²) in [4.78, 5) is 21.4. The predicted octanol–water partition coefficient (Wildman–Crippen LogP) is 4.27. The summed E-state index contributed by atoms with van der Waals surface area (Å²) >= 11 is 0. The third kappa shape index (κ3) is 3.07. The minimum absolute atomic E-state index is 0.115. The number of amides is 1. The van der Waals surface area contributed by atoms with Crippen LogP contribution in [0.25, 0.3) is 17.0 Å². The Hall–Kier alpha value is -3.47. The first-order chi connectivity index (χ1) is 12.6. The second kappa shape index (κ2) is 6.44. The number of imidazole rings is 1. The van der Waals surface area contributed by atoms with E-state index < -0.39 is 0 Å². The highest BCUT2D eigenvalue weighted by Gasteiger charge is 2.11. The summed E-state index contributed by atoms with van der Waals surface area (Å²) in [6.45, 7) is 3.96. The molecule has 0 aliphatic rings. The van der Waals surface area contributed by atoms with Crippen LogP contribution in [-0.2, 0) is 0 Å². The van der Waals surface area contributed by atoms with Gasteiger partial charge in [-0.15, -0.1) is 0 Å². The van der Waals surface area contributed by atoms with E-state index in [2.05, 4.69) is 15.3 Å². The number of aryl methyl sites for hydroxylation is 2. The van der Waals surface area contributed by atoms with Crippen LogP contribution in [0.5, 0.6) is 0 Å². The molecular weight excluding hydrogens is 324 g/mol. The molecule has 2 aromatic heterocycles. The maximum atomic E-state index is 12.6. The van der Waals surface area contributed by atoms with Gasteiger partial charge in [-0.3, -0.25) is 9.20 Å². The van der Waals surface area contributed by atoms with Gasteiger partial charge in [0, 0.05) is 35.4 Å². The van der Waals surface area contributed by atoms with Gasteiger partial charge in [0.25, 0.3) is 5.91 Å². The van der Waals surface area contributed by atoms with Gasteiger partial charge in [-0.05, 0) is 43.7 Å². The van der Waals surface area contributed by atoms with Crippen molar-refractivity contribution in [1.29, 1.82) is 0 Å². The largest absolute Gasteiger partial charge is 0.322 e. The van der Waals surface area contributed by atoms with E-state index in [0.717, 1.165) is 28.1 Å². The van der Waals surface area contributed by atoms with Crippen LogP contribution in [0, 0.1) is 13.8 Å². The molecule has 0 aliphatic carbocycles. The Bertz CT molecular complexity index is 1080. The lowest BCUT2D eigenvalue weighted by Gasteiger charge is -2.09. The molecule has 0 unspecified atom stereocenters. The summed E-state index contributed by atoms with van der Waals surface area (Å²) < 4.78 is 1.87. The molecule has 4 aromatic rings. The van der Waals surface area contributed by atoms with E-state index in [1.165, 1.54) is 0 Å². The van der Waals surface area contributed by atoms with Crippen LogP contribution in [0.1, 0.15) is 21.5 Å². The zero-order valence-electron chi connectivity index (χ0n) is 14.6. The van der Waals surface area contributed by atoms with Crippen molar-refractivity contribution in [2.24, 2.45) is 0 Å². The van der Waals surface area contributed by atoms with Gasteiger partial charge >= 0.3 is 0 Å². The van der Waals surface area contributed by atoms with E-state index in [4.69, 9.17) is 0 Å². The van der Waals surface area contributed by atoms with Gasteiger partial charge in [0.1, 0.15) is 0 Å². The van der Waals surface area contributed by atoms with Crippen LogP contribution in [0.15, 0.2) is 67.1 Å². The van der Waals surface area contributed by atoms with Crippen LogP contribution >= 0.6 is 0 Å². The van der Waals surface area contributed by atoms with Gasteiger partial charge in [-0.2, -0.15) is 0 Å². The van der Waals surface area contributed by atoms with Crippen LogP contribution < -0.4 is 5.32 Å². The standard InChI is InChI=1S/C21H18N4O/c1-14-7-8-18(15(2)11-14)20(26)23-17-6-3-5-16(12-17)19-13-25-10-4-9-22-21(25)24-19/h3-13H,1-2H3,(H,23,26). The van der Waals surface area contributed by atoms with E-state index in [1.807, 2.05) is 79.2 Å². The van der Waals surface area contributed by atoms with Crippen molar-refractivity contribution in [1.82, 2.24) is 14.4 Å². The number of carbonyl (C=O) groups is 1. The molecule has 2 heterocycles. The third-order valence-corrected chi connectivity index (χ3v) is 4.28. The van der Waals surface area contributed by atoms with Crippen LogP contribution in [0.3, 0.4) is 0 Å². The van der Waals surface area contributed by atoms with Gasteiger partial charge in [-0.1, -0.05) is 29.8 Å². The van der Waals surface area contributed by atoms with E-state index >= 15 is 0 Å². The Morgan fingerprint density at radius 2 is 1.96 bits per heavy atom. The number of hydrogen-bond donors (Lipinski definition) is 1. The minimum Gasteiger partial charge on any atom is -0.322 e. The van der Waals surface area contributed by atoms with E-state index in [-0.39, 0.29) is 5.91 Å². The Balaban J connectivity index is 1.62. The molecule has 0 aliphatic heterocycles. The number of hydrogen-bond acceptors (Lipinski definition) is 3. The number of rotatable bonds is 3. The number of carbonyl (C=O) groups excluding carboxylic acids is 1. The maximum Gasteiger partial charge on any atom is 0.255 e. The predicted molar refractivity (Wildman–Crippen MR) is 102 cm³/mol. The first kappa shape index (κ1) is 16.0. The molecular formula is C21H18N4O. The summed E-state index contributed by atoms with van der Waals surface area (Å²) in [6.07, 6.45) is 5.55. The first-order valence-corrected chi connectivity index (χ1v) is 8.39. The van der Waals surface area contributed by atoms with Gasteiger partial charge in [0.2, 0.25) is 5.78 Å². The summed E-state index contributed by atoms with van der Waals surface area (Å²) in [5.41, 5.74) is 5.25. The molecule has 0 saturated heterocycles. The zero-order valence-corrected chi connectivity index (χ0v) is 14.6. The molecule has 5 heteroatoms. The molecule has 128 valence electrons. The lowest BCUT2D eigenvalue weighted by Crippen LogP contribution is -2.13. The highest BCUT2D eigenvalue weighted by Crippen LogP contribution is 2.23. The molecule has 1 N–H and O–H groups in total. The number of nitrogens with one attached hydrogen (secondary N) is 1. The Labute approximate surface area is 151 Å². The van der Waals surface area contributed by atoms with E-state index in [1.54, 1.807) is 6.20 Å². The lowest BCUT2D eigenvalue weighted by atomic mass is 10.0. The molecule has 0 saturated carbocycles. The second-order valence-corrected chi connectivity index (χ2v) is 6.31. The van der Waals surface area contributed by atoms with Crippen molar-refractivity contribution >= 4 is 17.4 Å². The summed E-state index contributed by atoms with van der Waals surface area (Å²) in [5.74, 6) is 0.531. The summed E-state index contributed by atoms with van der Waals surface area (Å²) in [5, 5.41) is 2.97. The number of benzene rings is 2. The Morgan fingerprint density at radius 1 is 1.08 bits per heavy atom.